The fraction of sp³-hybridized carbons (Fsp3) is 0.667. The van der Waals surface area contributed by atoms with E-state index in [2.05, 4.69) is 18.7 Å². The molecule has 2 unspecified atom stereocenters. The third-order valence-corrected chi connectivity index (χ3v) is 4.86. The first-order valence-corrected chi connectivity index (χ1v) is 8.30. The minimum absolute atomic E-state index is 0.0753. The van der Waals surface area contributed by atoms with Gasteiger partial charge in [-0.2, -0.15) is 0 Å². The summed E-state index contributed by atoms with van der Waals surface area (Å²) in [6, 6.07) is 7.58. The zero-order chi connectivity index (χ0) is 15.3. The Morgan fingerprint density at radius 2 is 2.19 bits per heavy atom. The SMILES string of the molecule is CCCC1CCCCN1C(C)(CN)Cc1cccc(F)c1. The van der Waals surface area contributed by atoms with Crippen LogP contribution in [-0.2, 0) is 6.42 Å². The topological polar surface area (TPSA) is 29.3 Å². The van der Waals surface area contributed by atoms with Crippen molar-refractivity contribution in [1.82, 2.24) is 4.90 Å². The molecule has 1 heterocycles. The Hall–Kier alpha value is -0.930. The molecule has 21 heavy (non-hydrogen) atoms. The molecule has 1 aromatic carbocycles. The van der Waals surface area contributed by atoms with Crippen molar-refractivity contribution in [2.75, 3.05) is 13.1 Å². The molecule has 2 atom stereocenters. The lowest BCUT2D eigenvalue weighted by Gasteiger charge is -2.48. The minimum atomic E-state index is -0.157. The molecule has 2 nitrogen and oxygen atoms in total. The van der Waals surface area contributed by atoms with Crippen LogP contribution in [-0.4, -0.2) is 29.6 Å². The smallest absolute Gasteiger partial charge is 0.123 e. The predicted molar refractivity (Wildman–Crippen MR) is 86.8 cm³/mol. The Balaban J connectivity index is 2.18. The molecule has 0 aliphatic carbocycles. The Morgan fingerprint density at radius 3 is 2.86 bits per heavy atom. The van der Waals surface area contributed by atoms with Crippen molar-refractivity contribution in [3.63, 3.8) is 0 Å². The van der Waals surface area contributed by atoms with Crippen molar-refractivity contribution in [3.8, 4) is 0 Å². The molecule has 0 spiro atoms. The van der Waals surface area contributed by atoms with E-state index in [-0.39, 0.29) is 11.4 Å². The fourth-order valence-electron chi connectivity index (χ4n) is 3.72. The van der Waals surface area contributed by atoms with Gasteiger partial charge in [-0.1, -0.05) is 31.9 Å². The van der Waals surface area contributed by atoms with E-state index in [1.54, 1.807) is 12.1 Å². The second-order valence-corrected chi connectivity index (χ2v) is 6.64. The minimum Gasteiger partial charge on any atom is -0.329 e. The molecule has 2 rings (SSSR count). The molecule has 0 aromatic heterocycles. The van der Waals surface area contributed by atoms with Crippen LogP contribution >= 0.6 is 0 Å². The van der Waals surface area contributed by atoms with Gasteiger partial charge in [0.05, 0.1) is 0 Å². The van der Waals surface area contributed by atoms with Gasteiger partial charge < -0.3 is 5.73 Å². The van der Waals surface area contributed by atoms with Crippen LogP contribution in [0.3, 0.4) is 0 Å². The molecular formula is C18H29FN2. The van der Waals surface area contributed by atoms with Crippen molar-refractivity contribution < 1.29 is 4.39 Å². The van der Waals surface area contributed by atoms with Crippen LogP contribution in [0.5, 0.6) is 0 Å². The van der Waals surface area contributed by atoms with Gasteiger partial charge in [0.2, 0.25) is 0 Å². The number of hydrogen-bond acceptors (Lipinski definition) is 2. The molecule has 1 fully saturated rings. The average Bonchev–Trinajstić information content (AvgIpc) is 2.48. The molecule has 0 bridgehead atoms. The standard InChI is InChI=1S/C18H29FN2/c1-3-7-17-10-4-5-11-21(17)18(2,14-20)13-15-8-6-9-16(19)12-15/h6,8-9,12,17H,3-5,7,10-11,13-14,20H2,1-2H3. The van der Waals surface area contributed by atoms with Crippen LogP contribution < -0.4 is 5.73 Å². The summed E-state index contributed by atoms with van der Waals surface area (Å²) in [5, 5.41) is 0. The van der Waals surface area contributed by atoms with Crippen LogP contribution in [0.15, 0.2) is 24.3 Å². The zero-order valence-electron chi connectivity index (χ0n) is 13.4. The summed E-state index contributed by atoms with van der Waals surface area (Å²) >= 11 is 0. The highest BCUT2D eigenvalue weighted by molar-refractivity contribution is 5.19. The number of rotatable bonds is 6. The van der Waals surface area contributed by atoms with Crippen molar-refractivity contribution in [1.29, 1.82) is 0 Å². The molecule has 118 valence electrons. The number of nitrogens with two attached hydrogens (primary N) is 1. The highest BCUT2D eigenvalue weighted by Gasteiger charge is 2.36. The maximum Gasteiger partial charge on any atom is 0.123 e. The quantitative estimate of drug-likeness (QED) is 0.865. The normalized spacial score (nSPS) is 23.0. The Morgan fingerprint density at radius 1 is 1.38 bits per heavy atom. The summed E-state index contributed by atoms with van der Waals surface area (Å²) in [6.07, 6.45) is 7.11. The summed E-state index contributed by atoms with van der Waals surface area (Å²) in [6.45, 7) is 6.22. The molecular weight excluding hydrogens is 263 g/mol. The zero-order valence-corrected chi connectivity index (χ0v) is 13.4. The predicted octanol–water partition coefficient (Wildman–Crippen LogP) is 3.74. The van der Waals surface area contributed by atoms with E-state index in [0.29, 0.717) is 12.6 Å². The average molecular weight is 292 g/mol. The van der Waals surface area contributed by atoms with Crippen LogP contribution in [0.25, 0.3) is 0 Å². The van der Waals surface area contributed by atoms with Crippen molar-refractivity contribution in [2.45, 2.75) is 64.0 Å². The highest BCUT2D eigenvalue weighted by Crippen LogP contribution is 2.30. The third kappa shape index (κ3) is 4.04. The van der Waals surface area contributed by atoms with Gasteiger partial charge in [-0.05, 0) is 56.8 Å². The monoisotopic (exact) mass is 292 g/mol. The molecule has 1 aliphatic heterocycles. The highest BCUT2D eigenvalue weighted by atomic mass is 19.1. The van der Waals surface area contributed by atoms with Crippen LogP contribution in [0.4, 0.5) is 4.39 Å². The number of piperidine rings is 1. The van der Waals surface area contributed by atoms with Crippen molar-refractivity contribution in [2.24, 2.45) is 5.73 Å². The van der Waals surface area contributed by atoms with E-state index in [1.807, 2.05) is 6.07 Å². The van der Waals surface area contributed by atoms with Gasteiger partial charge >= 0.3 is 0 Å². The number of benzene rings is 1. The summed E-state index contributed by atoms with van der Waals surface area (Å²) < 4.78 is 13.4. The summed E-state index contributed by atoms with van der Waals surface area (Å²) in [7, 11) is 0. The van der Waals surface area contributed by atoms with Crippen molar-refractivity contribution in [3.05, 3.63) is 35.6 Å². The summed E-state index contributed by atoms with van der Waals surface area (Å²) in [4.78, 5) is 2.60. The van der Waals surface area contributed by atoms with E-state index in [1.165, 1.54) is 38.2 Å². The van der Waals surface area contributed by atoms with Gasteiger partial charge in [-0.15, -0.1) is 0 Å². The molecule has 1 saturated heterocycles. The van der Waals surface area contributed by atoms with E-state index >= 15 is 0 Å². The van der Waals surface area contributed by atoms with Gasteiger partial charge in [-0.3, -0.25) is 4.90 Å². The second kappa shape index (κ2) is 7.37. The van der Waals surface area contributed by atoms with Gasteiger partial charge in [0.1, 0.15) is 5.82 Å². The van der Waals surface area contributed by atoms with E-state index in [4.69, 9.17) is 5.73 Å². The number of nitrogens with zero attached hydrogens (tertiary/aromatic N) is 1. The molecule has 0 radical (unpaired) electrons. The second-order valence-electron chi connectivity index (χ2n) is 6.64. The van der Waals surface area contributed by atoms with Crippen LogP contribution in [0.1, 0.15) is 51.5 Å². The van der Waals surface area contributed by atoms with E-state index in [9.17, 15) is 4.39 Å². The van der Waals surface area contributed by atoms with Gasteiger partial charge in [0.25, 0.3) is 0 Å². The van der Waals surface area contributed by atoms with Crippen LogP contribution in [0, 0.1) is 5.82 Å². The Bertz CT molecular complexity index is 447. The lowest BCUT2D eigenvalue weighted by Crippen LogP contribution is -2.58. The molecule has 0 amide bonds. The molecule has 1 aromatic rings. The fourth-order valence-corrected chi connectivity index (χ4v) is 3.72. The molecule has 1 aliphatic rings. The maximum absolute atomic E-state index is 13.4. The molecule has 2 N–H and O–H groups in total. The number of hydrogen-bond donors (Lipinski definition) is 1. The lowest BCUT2D eigenvalue weighted by molar-refractivity contribution is 0.0291. The Kier molecular flexibility index (Phi) is 5.77. The maximum atomic E-state index is 13.4. The first-order chi connectivity index (χ1) is 10.1. The third-order valence-electron chi connectivity index (χ3n) is 4.86. The van der Waals surface area contributed by atoms with Gasteiger partial charge in [-0.25, -0.2) is 4.39 Å². The Labute approximate surface area is 128 Å². The van der Waals surface area contributed by atoms with E-state index < -0.39 is 0 Å². The number of halogens is 1. The molecule has 0 saturated carbocycles. The largest absolute Gasteiger partial charge is 0.329 e. The summed E-state index contributed by atoms with van der Waals surface area (Å²) in [5.74, 6) is -0.157. The molecule has 3 heteroatoms. The number of likely N-dealkylation sites (tertiary alicyclic amines) is 1. The first-order valence-electron chi connectivity index (χ1n) is 8.30. The van der Waals surface area contributed by atoms with E-state index in [0.717, 1.165) is 18.5 Å². The summed E-state index contributed by atoms with van der Waals surface area (Å²) in [5.41, 5.74) is 7.12. The van der Waals surface area contributed by atoms with Gasteiger partial charge in [0.15, 0.2) is 0 Å². The van der Waals surface area contributed by atoms with Gasteiger partial charge in [0, 0.05) is 18.1 Å². The lowest BCUT2D eigenvalue weighted by atomic mass is 9.85. The first kappa shape index (κ1) is 16.4. The van der Waals surface area contributed by atoms with Crippen molar-refractivity contribution >= 4 is 0 Å². The van der Waals surface area contributed by atoms with Crippen LogP contribution in [0.2, 0.25) is 0 Å².